The molecule has 0 unspecified atom stereocenters. The third-order valence-corrected chi connectivity index (χ3v) is 7.20. The van der Waals surface area contributed by atoms with Gasteiger partial charge in [-0.1, -0.05) is 42.8 Å². The van der Waals surface area contributed by atoms with Crippen molar-refractivity contribution in [2.45, 2.75) is 37.8 Å². The zero-order chi connectivity index (χ0) is 19.8. The first-order valence-electron chi connectivity index (χ1n) is 8.73. The molecule has 1 aromatic heterocycles. The summed E-state index contributed by atoms with van der Waals surface area (Å²) in [6, 6.07) is 6.82. The number of hydrogen-bond donors (Lipinski definition) is 1. The van der Waals surface area contributed by atoms with E-state index < -0.39 is 10.0 Å². The van der Waals surface area contributed by atoms with E-state index in [-0.39, 0.29) is 5.41 Å². The monoisotopic (exact) mass is 473 g/mol. The van der Waals surface area contributed by atoms with Gasteiger partial charge in [0.2, 0.25) is 14.8 Å². The van der Waals surface area contributed by atoms with E-state index in [2.05, 4.69) is 51.7 Å². The minimum atomic E-state index is -3.48. The van der Waals surface area contributed by atoms with Crippen molar-refractivity contribution in [3.8, 4) is 0 Å². The zero-order valence-corrected chi connectivity index (χ0v) is 18.9. The van der Waals surface area contributed by atoms with Crippen LogP contribution in [0.25, 0.3) is 0 Å². The molecule has 27 heavy (non-hydrogen) atoms. The van der Waals surface area contributed by atoms with Crippen LogP contribution in [0.1, 0.15) is 26.6 Å². The molecular formula is C17H24BrN5O2S2. The number of rotatable bonds is 4. The highest BCUT2D eigenvalue weighted by atomic mass is 79.9. The number of benzene rings is 1. The Bertz CT molecular complexity index is 970. The highest BCUT2D eigenvalue weighted by molar-refractivity contribution is 9.10. The third kappa shape index (κ3) is 4.68. The topological polar surface area (TPSA) is 74.2 Å². The van der Waals surface area contributed by atoms with Crippen LogP contribution in [0.2, 0.25) is 0 Å². The number of hydrogen-bond acceptors (Lipinski definition) is 5. The lowest BCUT2D eigenvalue weighted by molar-refractivity contribution is 0.144. The fraction of sp³-hybridized carbons (Fsp3) is 0.529. The van der Waals surface area contributed by atoms with Gasteiger partial charge >= 0.3 is 0 Å². The molecule has 3 rings (SSSR count). The SMILES string of the molecule is CC(C)(C)c1nc(=S)n(CN2CCN(S(=O)(=O)c3cccc(Br)c3)CC2)[nH]1. The number of nitrogens with one attached hydrogen (secondary N) is 1. The van der Waals surface area contributed by atoms with E-state index >= 15 is 0 Å². The molecule has 0 amide bonds. The maximum absolute atomic E-state index is 12.8. The van der Waals surface area contributed by atoms with Crippen molar-refractivity contribution in [3.05, 3.63) is 39.3 Å². The van der Waals surface area contributed by atoms with Gasteiger partial charge in [0.15, 0.2) is 0 Å². The number of halogens is 1. The van der Waals surface area contributed by atoms with Gasteiger partial charge in [0.05, 0.1) is 11.6 Å². The molecule has 1 saturated heterocycles. The Balaban J connectivity index is 1.66. The van der Waals surface area contributed by atoms with Crippen molar-refractivity contribution >= 4 is 38.2 Å². The molecule has 2 heterocycles. The molecule has 0 bridgehead atoms. The van der Waals surface area contributed by atoms with Crippen molar-refractivity contribution in [2.24, 2.45) is 0 Å². The van der Waals surface area contributed by atoms with E-state index in [0.29, 0.717) is 42.5 Å². The van der Waals surface area contributed by atoms with E-state index in [0.717, 1.165) is 10.3 Å². The summed E-state index contributed by atoms with van der Waals surface area (Å²) in [6.45, 7) is 8.98. The van der Waals surface area contributed by atoms with E-state index in [4.69, 9.17) is 12.2 Å². The number of aromatic nitrogens is 3. The third-order valence-electron chi connectivity index (χ3n) is 4.50. The maximum atomic E-state index is 12.8. The van der Waals surface area contributed by atoms with Gasteiger partial charge in [-0.05, 0) is 30.4 Å². The molecule has 1 aromatic carbocycles. The molecule has 0 spiro atoms. The Hall–Kier alpha value is -1.07. The standard InChI is InChI=1S/C17H24BrN5O2S2/c1-17(2,3)15-19-16(26)23(20-15)12-21-7-9-22(10-8-21)27(24,25)14-6-4-5-13(18)11-14/h4-6,11H,7-10,12H2,1-3H3,(H,19,20,26). The zero-order valence-electron chi connectivity index (χ0n) is 15.6. The Morgan fingerprint density at radius 3 is 2.44 bits per heavy atom. The normalized spacial score (nSPS) is 17.3. The van der Waals surface area contributed by atoms with Crippen LogP contribution in [-0.2, 0) is 22.1 Å². The van der Waals surface area contributed by atoms with Crippen LogP contribution in [0.15, 0.2) is 33.6 Å². The molecule has 0 saturated carbocycles. The van der Waals surface area contributed by atoms with Crippen molar-refractivity contribution in [2.75, 3.05) is 26.2 Å². The first-order valence-corrected chi connectivity index (χ1v) is 11.4. The molecular weight excluding hydrogens is 450 g/mol. The van der Waals surface area contributed by atoms with Crippen LogP contribution in [0.5, 0.6) is 0 Å². The van der Waals surface area contributed by atoms with Crippen LogP contribution in [0.3, 0.4) is 0 Å². The number of aromatic amines is 1. The predicted octanol–water partition coefficient (Wildman–Crippen LogP) is 2.96. The van der Waals surface area contributed by atoms with Crippen LogP contribution in [0, 0.1) is 4.77 Å². The summed E-state index contributed by atoms with van der Waals surface area (Å²) in [7, 11) is -3.48. The highest BCUT2D eigenvalue weighted by Gasteiger charge is 2.29. The number of H-pyrrole nitrogens is 1. The van der Waals surface area contributed by atoms with Crippen molar-refractivity contribution in [1.82, 2.24) is 24.0 Å². The summed E-state index contributed by atoms with van der Waals surface area (Å²) in [5.74, 6) is 0.850. The summed E-state index contributed by atoms with van der Waals surface area (Å²) in [6.07, 6.45) is 0. The van der Waals surface area contributed by atoms with Crippen LogP contribution in [-0.4, -0.2) is 58.6 Å². The Morgan fingerprint density at radius 2 is 1.89 bits per heavy atom. The van der Waals surface area contributed by atoms with Gasteiger partial charge in [0, 0.05) is 36.1 Å². The minimum absolute atomic E-state index is 0.102. The Morgan fingerprint density at radius 1 is 1.22 bits per heavy atom. The molecule has 1 fully saturated rings. The molecule has 7 nitrogen and oxygen atoms in total. The number of sulfonamides is 1. The molecule has 1 N–H and O–H groups in total. The lowest BCUT2D eigenvalue weighted by Gasteiger charge is -2.33. The molecule has 0 aliphatic carbocycles. The average Bonchev–Trinajstić information content (AvgIpc) is 2.96. The quantitative estimate of drug-likeness (QED) is 0.690. The van der Waals surface area contributed by atoms with Gasteiger partial charge in [-0.15, -0.1) is 0 Å². The summed E-state index contributed by atoms with van der Waals surface area (Å²) in [4.78, 5) is 6.92. The van der Waals surface area contributed by atoms with Crippen LogP contribution in [0.4, 0.5) is 0 Å². The van der Waals surface area contributed by atoms with Crippen molar-refractivity contribution in [1.29, 1.82) is 0 Å². The van der Waals surface area contributed by atoms with E-state index in [9.17, 15) is 8.42 Å². The molecule has 1 aliphatic heterocycles. The second-order valence-electron chi connectivity index (χ2n) is 7.65. The second-order valence-corrected chi connectivity index (χ2v) is 10.9. The summed E-state index contributed by atoms with van der Waals surface area (Å²) in [5, 5.41) is 3.26. The van der Waals surface area contributed by atoms with Gasteiger partial charge in [0.25, 0.3) is 0 Å². The molecule has 0 atom stereocenters. The molecule has 148 valence electrons. The minimum Gasteiger partial charge on any atom is -0.282 e. The van der Waals surface area contributed by atoms with E-state index in [1.54, 1.807) is 18.2 Å². The summed E-state index contributed by atoms with van der Waals surface area (Å²) in [5.41, 5.74) is -0.102. The molecule has 0 radical (unpaired) electrons. The van der Waals surface area contributed by atoms with Gasteiger partial charge in [0.1, 0.15) is 5.82 Å². The van der Waals surface area contributed by atoms with Crippen molar-refractivity contribution in [3.63, 3.8) is 0 Å². The van der Waals surface area contributed by atoms with Gasteiger partial charge in [-0.2, -0.15) is 4.31 Å². The van der Waals surface area contributed by atoms with Crippen LogP contribution < -0.4 is 0 Å². The Kier molecular flexibility index (Phi) is 5.93. The second kappa shape index (κ2) is 7.75. The molecule has 1 aliphatic rings. The van der Waals surface area contributed by atoms with Gasteiger partial charge in [-0.3, -0.25) is 10.00 Å². The van der Waals surface area contributed by atoms with E-state index in [1.807, 2.05) is 10.7 Å². The lowest BCUT2D eigenvalue weighted by atomic mass is 9.96. The van der Waals surface area contributed by atoms with Crippen molar-refractivity contribution < 1.29 is 8.42 Å². The fourth-order valence-corrected chi connectivity index (χ4v) is 5.09. The fourth-order valence-electron chi connectivity index (χ4n) is 2.88. The lowest BCUT2D eigenvalue weighted by Crippen LogP contribution is -2.48. The summed E-state index contributed by atoms with van der Waals surface area (Å²) < 4.78 is 30.3. The summed E-state index contributed by atoms with van der Waals surface area (Å²) >= 11 is 8.69. The smallest absolute Gasteiger partial charge is 0.243 e. The first-order chi connectivity index (χ1) is 12.6. The predicted molar refractivity (Wildman–Crippen MR) is 111 cm³/mol. The van der Waals surface area contributed by atoms with E-state index in [1.165, 1.54) is 4.31 Å². The molecule has 10 heteroatoms. The average molecular weight is 474 g/mol. The number of nitrogens with zero attached hydrogens (tertiary/aromatic N) is 4. The first kappa shape index (κ1) is 20.7. The molecule has 2 aromatic rings. The largest absolute Gasteiger partial charge is 0.282 e. The number of piperazine rings is 1. The maximum Gasteiger partial charge on any atom is 0.243 e. The van der Waals surface area contributed by atoms with Gasteiger partial charge < -0.3 is 0 Å². The highest BCUT2D eigenvalue weighted by Crippen LogP contribution is 2.22. The van der Waals surface area contributed by atoms with Gasteiger partial charge in [-0.25, -0.2) is 18.1 Å². The van der Waals surface area contributed by atoms with Crippen LogP contribution >= 0.6 is 28.1 Å². The Labute approximate surface area is 173 Å².